The highest BCUT2D eigenvalue weighted by Gasteiger charge is 2.42. The van der Waals surface area contributed by atoms with Gasteiger partial charge in [0.05, 0.1) is 6.42 Å². The van der Waals surface area contributed by atoms with Gasteiger partial charge >= 0.3 is 0 Å². The fraction of sp³-hybridized carbons (Fsp3) is 0.650. The van der Waals surface area contributed by atoms with Crippen LogP contribution in [0.4, 0.5) is 0 Å². The number of aromatic nitrogens is 2. The van der Waals surface area contributed by atoms with E-state index in [4.69, 9.17) is 0 Å². The second-order valence-corrected chi connectivity index (χ2v) is 7.90. The maximum atomic E-state index is 12.6. The van der Waals surface area contributed by atoms with Gasteiger partial charge < -0.3 is 10.3 Å². The molecule has 1 aromatic heterocycles. The Morgan fingerprint density at radius 3 is 2.69 bits per heavy atom. The molecule has 6 nitrogen and oxygen atoms in total. The quantitative estimate of drug-likeness (QED) is 0.759. The Bertz CT molecular complexity index is 764. The summed E-state index contributed by atoms with van der Waals surface area (Å²) in [7, 11) is 0. The number of amides is 1. The molecule has 2 aliphatic rings. The second kappa shape index (κ2) is 7.74. The normalized spacial score (nSPS) is 24.1. The summed E-state index contributed by atoms with van der Waals surface area (Å²) in [6.45, 7) is 10.7. The van der Waals surface area contributed by atoms with Crippen molar-refractivity contribution in [1.29, 1.82) is 0 Å². The van der Waals surface area contributed by atoms with Gasteiger partial charge in [-0.25, -0.2) is 4.98 Å². The first kappa shape index (κ1) is 18.8. The molecule has 6 heteroatoms. The van der Waals surface area contributed by atoms with Crippen LogP contribution in [0.2, 0.25) is 0 Å². The molecule has 1 saturated carbocycles. The molecule has 0 bridgehead atoms. The summed E-state index contributed by atoms with van der Waals surface area (Å²) in [6.07, 6.45) is 4.79. The molecule has 1 aliphatic heterocycles. The fourth-order valence-electron chi connectivity index (χ4n) is 4.02. The van der Waals surface area contributed by atoms with Gasteiger partial charge in [-0.3, -0.25) is 14.5 Å². The number of likely N-dealkylation sites (tertiary alicyclic amines) is 1. The molecule has 142 valence electrons. The Kier molecular flexibility index (Phi) is 5.61. The van der Waals surface area contributed by atoms with E-state index in [0.717, 1.165) is 25.6 Å². The van der Waals surface area contributed by atoms with Crippen molar-refractivity contribution in [3.63, 3.8) is 0 Å². The monoisotopic (exact) mass is 358 g/mol. The molecule has 1 aliphatic carbocycles. The molecule has 2 atom stereocenters. The first-order valence-electron chi connectivity index (χ1n) is 9.57. The number of nitrogens with one attached hydrogen (secondary N) is 2. The number of rotatable bonds is 6. The third kappa shape index (κ3) is 4.41. The predicted octanol–water partition coefficient (Wildman–Crippen LogP) is 1.72. The Morgan fingerprint density at radius 1 is 1.35 bits per heavy atom. The first-order valence-corrected chi connectivity index (χ1v) is 9.57. The van der Waals surface area contributed by atoms with Crippen molar-refractivity contribution in [1.82, 2.24) is 20.2 Å². The van der Waals surface area contributed by atoms with Crippen LogP contribution in [-0.2, 0) is 11.2 Å². The zero-order valence-corrected chi connectivity index (χ0v) is 16.3. The number of nitrogens with zero attached hydrogens (tertiary/aromatic N) is 2. The summed E-state index contributed by atoms with van der Waals surface area (Å²) in [5.41, 5.74) is 2.26. The van der Waals surface area contributed by atoms with Crippen molar-refractivity contribution in [2.24, 2.45) is 11.8 Å². The number of aryl methyl sites for hydroxylation is 2. The number of allylic oxidation sites excluding steroid dienone is 1. The minimum absolute atomic E-state index is 0.0792. The lowest BCUT2D eigenvalue weighted by atomic mass is 9.98. The Morgan fingerprint density at radius 2 is 2.08 bits per heavy atom. The number of carbonyl (C=O) groups is 1. The van der Waals surface area contributed by atoms with E-state index in [1.807, 2.05) is 0 Å². The summed E-state index contributed by atoms with van der Waals surface area (Å²) in [6, 6.07) is 0.178. The maximum absolute atomic E-state index is 12.6. The zero-order chi connectivity index (χ0) is 18.8. The molecule has 2 heterocycles. The van der Waals surface area contributed by atoms with Crippen LogP contribution in [-0.4, -0.2) is 46.5 Å². The first-order chi connectivity index (χ1) is 12.4. The Balaban J connectivity index is 1.65. The van der Waals surface area contributed by atoms with Gasteiger partial charge in [0.1, 0.15) is 5.82 Å². The summed E-state index contributed by atoms with van der Waals surface area (Å²) in [4.78, 5) is 34.1. The van der Waals surface area contributed by atoms with Crippen LogP contribution >= 0.6 is 0 Å². The highest BCUT2D eigenvalue weighted by Crippen LogP contribution is 2.41. The maximum Gasteiger partial charge on any atom is 0.254 e. The molecule has 1 amide bonds. The van der Waals surface area contributed by atoms with Crippen LogP contribution in [0.3, 0.4) is 0 Å². The van der Waals surface area contributed by atoms with Crippen molar-refractivity contribution >= 4 is 5.91 Å². The predicted molar refractivity (Wildman–Crippen MR) is 102 cm³/mol. The van der Waals surface area contributed by atoms with Gasteiger partial charge in [-0.1, -0.05) is 11.6 Å². The Labute approximate surface area is 155 Å². The lowest BCUT2D eigenvalue weighted by Crippen LogP contribution is -2.42. The van der Waals surface area contributed by atoms with Crippen molar-refractivity contribution in [2.75, 3.05) is 19.6 Å². The molecule has 2 N–H and O–H groups in total. The van der Waals surface area contributed by atoms with Crippen LogP contribution in [0.15, 0.2) is 16.4 Å². The topological polar surface area (TPSA) is 78.1 Å². The van der Waals surface area contributed by atoms with E-state index in [0.29, 0.717) is 23.0 Å². The van der Waals surface area contributed by atoms with E-state index in [2.05, 4.69) is 40.1 Å². The molecule has 26 heavy (non-hydrogen) atoms. The minimum atomic E-state index is -0.208. The zero-order valence-electron chi connectivity index (χ0n) is 16.3. The highest BCUT2D eigenvalue weighted by molar-refractivity contribution is 5.79. The van der Waals surface area contributed by atoms with Gasteiger partial charge in [0.2, 0.25) is 5.91 Å². The second-order valence-electron chi connectivity index (χ2n) is 7.90. The van der Waals surface area contributed by atoms with Gasteiger partial charge in [-0.15, -0.1) is 0 Å². The van der Waals surface area contributed by atoms with Gasteiger partial charge in [0, 0.05) is 36.9 Å². The van der Waals surface area contributed by atoms with E-state index < -0.39 is 0 Å². The van der Waals surface area contributed by atoms with Crippen LogP contribution in [0, 0.1) is 25.7 Å². The fourth-order valence-corrected chi connectivity index (χ4v) is 4.02. The van der Waals surface area contributed by atoms with Gasteiger partial charge in [-0.05, 0) is 52.4 Å². The third-order valence-electron chi connectivity index (χ3n) is 5.66. The Hall–Kier alpha value is -1.95. The average molecular weight is 358 g/mol. The average Bonchev–Trinajstić information content (AvgIpc) is 3.33. The summed E-state index contributed by atoms with van der Waals surface area (Å²) < 4.78 is 0. The number of H-pyrrole nitrogens is 1. The van der Waals surface area contributed by atoms with Crippen LogP contribution in [0.5, 0.6) is 0 Å². The van der Waals surface area contributed by atoms with Gasteiger partial charge in [-0.2, -0.15) is 0 Å². The third-order valence-corrected chi connectivity index (χ3v) is 5.66. The standard InChI is InChI=1S/C20H30N4O2/c1-5-12(2)9-24-10-17(15-6-7-15)18(11-24)23-19(25)8-16-13(3)21-14(4)22-20(16)26/h5,15,17-18H,6-11H2,1-4H3,(H,23,25)(H,21,22,26)/t17-,18+/m1/s1. The molecule has 0 spiro atoms. The van der Waals surface area contributed by atoms with Crippen LogP contribution in [0.1, 0.15) is 43.8 Å². The van der Waals surface area contributed by atoms with Crippen LogP contribution < -0.4 is 10.9 Å². The van der Waals surface area contributed by atoms with Crippen molar-refractivity contribution in [3.05, 3.63) is 39.1 Å². The number of aromatic amines is 1. The molecular formula is C20H30N4O2. The van der Waals surface area contributed by atoms with E-state index in [1.165, 1.54) is 18.4 Å². The molecule has 1 saturated heterocycles. The van der Waals surface area contributed by atoms with Gasteiger partial charge in [0.25, 0.3) is 5.56 Å². The molecule has 1 aromatic rings. The van der Waals surface area contributed by atoms with Crippen molar-refractivity contribution < 1.29 is 4.79 Å². The largest absolute Gasteiger partial charge is 0.351 e. The minimum Gasteiger partial charge on any atom is -0.351 e. The lowest BCUT2D eigenvalue weighted by molar-refractivity contribution is -0.121. The van der Waals surface area contributed by atoms with Crippen LogP contribution in [0.25, 0.3) is 0 Å². The molecule has 0 aromatic carbocycles. The molecule has 0 unspecified atom stereocenters. The summed E-state index contributed by atoms with van der Waals surface area (Å²) in [5.74, 6) is 1.77. The van der Waals surface area contributed by atoms with E-state index in [-0.39, 0.29) is 23.9 Å². The molecular weight excluding hydrogens is 328 g/mol. The van der Waals surface area contributed by atoms with Gasteiger partial charge in [0.15, 0.2) is 0 Å². The lowest BCUT2D eigenvalue weighted by Gasteiger charge is -2.19. The molecule has 2 fully saturated rings. The number of hydrogen-bond donors (Lipinski definition) is 2. The summed E-state index contributed by atoms with van der Waals surface area (Å²) in [5, 5.41) is 3.21. The van der Waals surface area contributed by atoms with Crippen molar-refractivity contribution in [2.45, 2.75) is 53.0 Å². The molecule has 0 radical (unpaired) electrons. The number of carbonyl (C=O) groups excluding carboxylic acids is 1. The summed E-state index contributed by atoms with van der Waals surface area (Å²) >= 11 is 0. The van der Waals surface area contributed by atoms with E-state index >= 15 is 0 Å². The van der Waals surface area contributed by atoms with E-state index in [9.17, 15) is 9.59 Å². The SMILES string of the molecule is CC=C(C)CN1C[C@H](NC(=O)Cc2c(C)nc(C)[nH]c2=O)[C@@H](C2CC2)C1. The van der Waals surface area contributed by atoms with Crippen molar-refractivity contribution in [3.8, 4) is 0 Å². The molecule has 3 rings (SSSR count). The smallest absolute Gasteiger partial charge is 0.254 e. The number of hydrogen-bond acceptors (Lipinski definition) is 4. The van der Waals surface area contributed by atoms with E-state index in [1.54, 1.807) is 13.8 Å². The highest BCUT2D eigenvalue weighted by atomic mass is 16.2.